The highest BCUT2D eigenvalue weighted by molar-refractivity contribution is 5.89. The van der Waals surface area contributed by atoms with Gasteiger partial charge in [0, 0.05) is 25.2 Å². The molecule has 1 aromatic rings. The van der Waals surface area contributed by atoms with E-state index >= 15 is 0 Å². The summed E-state index contributed by atoms with van der Waals surface area (Å²) in [4.78, 5) is 23.0. The smallest absolute Gasteiger partial charge is 0.303 e. The Balaban J connectivity index is 1.94. The number of carbonyl (C=O) groups is 2. The van der Waals surface area contributed by atoms with E-state index in [2.05, 4.69) is 6.92 Å². The van der Waals surface area contributed by atoms with Crippen LogP contribution in [0.4, 0.5) is 0 Å². The van der Waals surface area contributed by atoms with E-state index in [4.69, 9.17) is 9.84 Å². The summed E-state index contributed by atoms with van der Waals surface area (Å²) in [7, 11) is 0. The molecule has 1 saturated carbocycles. The van der Waals surface area contributed by atoms with Gasteiger partial charge in [-0.05, 0) is 36.8 Å². The highest BCUT2D eigenvalue weighted by Gasteiger charge is 2.41. The van der Waals surface area contributed by atoms with Gasteiger partial charge in [-0.2, -0.15) is 0 Å². The van der Waals surface area contributed by atoms with Crippen molar-refractivity contribution < 1.29 is 24.5 Å². The van der Waals surface area contributed by atoms with Gasteiger partial charge in [0.1, 0.15) is 0 Å². The Kier molecular flexibility index (Phi) is 12.3. The molecule has 32 heavy (non-hydrogen) atoms. The lowest BCUT2D eigenvalue weighted by Crippen LogP contribution is -2.22. The number of ether oxygens (including phenoxy) is 1. The van der Waals surface area contributed by atoms with E-state index in [9.17, 15) is 14.7 Å². The van der Waals surface area contributed by atoms with Crippen LogP contribution in [0.5, 0.6) is 0 Å². The highest BCUT2D eigenvalue weighted by atomic mass is 16.5. The number of aliphatic carboxylic acids is 1. The van der Waals surface area contributed by atoms with Crippen LogP contribution in [-0.4, -0.2) is 34.2 Å². The summed E-state index contributed by atoms with van der Waals surface area (Å²) >= 11 is 0. The van der Waals surface area contributed by atoms with E-state index in [1.165, 1.54) is 0 Å². The lowest BCUT2D eigenvalue weighted by atomic mass is 9.87. The molecule has 0 unspecified atom stereocenters. The molecule has 2 N–H and O–H groups in total. The summed E-state index contributed by atoms with van der Waals surface area (Å²) in [6.07, 6.45) is 11.9. The fraction of sp³-hybridized carbons (Fsp3) is 0.630. The topological polar surface area (TPSA) is 83.8 Å². The zero-order chi connectivity index (χ0) is 23.2. The summed E-state index contributed by atoms with van der Waals surface area (Å²) < 4.78 is 6.22. The Morgan fingerprint density at radius 1 is 1.03 bits per heavy atom. The largest absolute Gasteiger partial charge is 0.481 e. The third kappa shape index (κ3) is 9.66. The first-order valence-electron chi connectivity index (χ1n) is 12.3. The molecular formula is C27H40O5. The minimum atomic E-state index is -0.747. The first-order chi connectivity index (χ1) is 15.5. The molecule has 1 aromatic carbocycles. The van der Waals surface area contributed by atoms with Gasteiger partial charge in [0.15, 0.2) is 5.78 Å². The van der Waals surface area contributed by atoms with Gasteiger partial charge in [-0.25, -0.2) is 0 Å². The zero-order valence-corrected chi connectivity index (χ0v) is 19.5. The molecule has 0 bridgehead atoms. The van der Waals surface area contributed by atoms with Gasteiger partial charge in [0.2, 0.25) is 0 Å². The van der Waals surface area contributed by atoms with Crippen molar-refractivity contribution in [3.8, 4) is 0 Å². The number of aliphatic hydroxyl groups excluding tert-OH is 1. The normalized spacial score (nSPS) is 23.1. The van der Waals surface area contributed by atoms with E-state index < -0.39 is 12.1 Å². The summed E-state index contributed by atoms with van der Waals surface area (Å²) in [6.45, 7) is 2.62. The number of carboxylic acids is 1. The van der Waals surface area contributed by atoms with Crippen molar-refractivity contribution in [1.82, 2.24) is 0 Å². The van der Waals surface area contributed by atoms with Gasteiger partial charge in [0.25, 0.3) is 0 Å². The molecule has 178 valence electrons. The molecule has 0 amide bonds. The summed E-state index contributed by atoms with van der Waals surface area (Å²) in [5.74, 6) is -0.518. The minimum absolute atomic E-state index is 0.0165. The maximum atomic E-state index is 12.3. The number of hydrogen-bond donors (Lipinski definition) is 2. The Labute approximate surface area is 192 Å². The highest BCUT2D eigenvalue weighted by Crippen LogP contribution is 2.39. The Morgan fingerprint density at radius 2 is 1.75 bits per heavy atom. The van der Waals surface area contributed by atoms with Gasteiger partial charge in [-0.3, -0.25) is 9.59 Å². The number of aliphatic hydroxyl groups is 1. The van der Waals surface area contributed by atoms with E-state index in [0.29, 0.717) is 25.9 Å². The molecule has 0 aromatic heterocycles. The number of benzene rings is 1. The van der Waals surface area contributed by atoms with Crippen LogP contribution in [-0.2, 0) is 20.9 Å². The second-order valence-corrected chi connectivity index (χ2v) is 9.01. The maximum absolute atomic E-state index is 12.3. The van der Waals surface area contributed by atoms with Crippen LogP contribution in [0, 0.1) is 11.8 Å². The molecule has 4 atom stereocenters. The standard InChI is InChI=1S/C27H40O5/c1-2-3-7-14-22(28)17-18-24-23(15-10-4-5-11-16-27(30)31)25(29)19-26(24)32-20-21-12-8-6-9-13-21/h6,8-9,12-13,17-18,23-26,29H,2-5,7,10-11,14-16,19-20H2,1H3,(H,30,31)/t23-,24-,25+,26-/m1/s1. The van der Waals surface area contributed by atoms with Crippen molar-refractivity contribution in [2.45, 2.75) is 96.4 Å². The molecule has 5 heteroatoms. The molecule has 0 heterocycles. The number of carbonyl (C=O) groups excluding carboxylic acids is 1. The SMILES string of the molecule is CCCCCC(=O)C=C[C@@H]1[C@@H](CCCCCCC(=O)O)[C@@H](O)C[C@H]1OCc1ccccc1. The van der Waals surface area contributed by atoms with Crippen LogP contribution in [0.25, 0.3) is 0 Å². The number of unbranched alkanes of at least 4 members (excludes halogenated alkanes) is 5. The molecule has 1 aliphatic rings. The number of carboxylic acid groups (broad SMARTS) is 1. The summed E-state index contributed by atoms with van der Waals surface area (Å²) in [5.41, 5.74) is 1.10. The van der Waals surface area contributed by atoms with E-state index in [0.717, 1.165) is 50.5 Å². The van der Waals surface area contributed by atoms with Gasteiger partial charge in [0.05, 0.1) is 18.8 Å². The molecule has 0 radical (unpaired) electrons. The average Bonchev–Trinajstić information content (AvgIpc) is 3.08. The average molecular weight is 445 g/mol. The number of allylic oxidation sites excluding steroid dienone is 1. The monoisotopic (exact) mass is 444 g/mol. The van der Waals surface area contributed by atoms with Crippen molar-refractivity contribution in [3.63, 3.8) is 0 Å². The predicted octanol–water partition coefficient (Wildman–Crippen LogP) is 5.70. The Bertz CT molecular complexity index is 699. The van der Waals surface area contributed by atoms with Crippen LogP contribution < -0.4 is 0 Å². The first kappa shape index (κ1) is 26.3. The predicted molar refractivity (Wildman–Crippen MR) is 126 cm³/mol. The molecule has 0 aliphatic heterocycles. The molecule has 1 fully saturated rings. The molecule has 1 aliphatic carbocycles. The van der Waals surface area contributed by atoms with Gasteiger partial charge in [-0.1, -0.05) is 75.4 Å². The first-order valence-corrected chi connectivity index (χ1v) is 12.3. The van der Waals surface area contributed by atoms with Crippen molar-refractivity contribution in [3.05, 3.63) is 48.0 Å². The van der Waals surface area contributed by atoms with Gasteiger partial charge < -0.3 is 14.9 Å². The number of rotatable bonds is 16. The van der Waals surface area contributed by atoms with Crippen LogP contribution in [0.2, 0.25) is 0 Å². The second-order valence-electron chi connectivity index (χ2n) is 9.01. The molecule has 0 saturated heterocycles. The quantitative estimate of drug-likeness (QED) is 0.252. The minimum Gasteiger partial charge on any atom is -0.481 e. The van der Waals surface area contributed by atoms with Crippen molar-refractivity contribution in [2.75, 3.05) is 0 Å². The van der Waals surface area contributed by atoms with Crippen LogP contribution >= 0.6 is 0 Å². The van der Waals surface area contributed by atoms with E-state index in [-0.39, 0.29) is 30.1 Å². The molecule has 5 nitrogen and oxygen atoms in total. The third-order valence-electron chi connectivity index (χ3n) is 6.41. The van der Waals surface area contributed by atoms with Gasteiger partial charge >= 0.3 is 5.97 Å². The fourth-order valence-corrected chi connectivity index (χ4v) is 4.57. The van der Waals surface area contributed by atoms with Gasteiger partial charge in [-0.15, -0.1) is 0 Å². The maximum Gasteiger partial charge on any atom is 0.303 e. The van der Waals surface area contributed by atoms with Crippen LogP contribution in [0.3, 0.4) is 0 Å². The summed E-state index contributed by atoms with van der Waals surface area (Å²) in [6, 6.07) is 10.0. The van der Waals surface area contributed by atoms with Crippen molar-refractivity contribution in [2.24, 2.45) is 11.8 Å². The summed E-state index contributed by atoms with van der Waals surface area (Å²) in [5, 5.41) is 19.5. The number of hydrogen-bond acceptors (Lipinski definition) is 4. The lowest BCUT2D eigenvalue weighted by Gasteiger charge is -2.23. The molecule has 0 spiro atoms. The third-order valence-corrected chi connectivity index (χ3v) is 6.41. The molecular weight excluding hydrogens is 404 g/mol. The van der Waals surface area contributed by atoms with Crippen LogP contribution in [0.1, 0.15) is 83.1 Å². The zero-order valence-electron chi connectivity index (χ0n) is 19.5. The van der Waals surface area contributed by atoms with Crippen molar-refractivity contribution in [1.29, 1.82) is 0 Å². The van der Waals surface area contributed by atoms with Crippen molar-refractivity contribution >= 4 is 11.8 Å². The van der Waals surface area contributed by atoms with E-state index in [1.54, 1.807) is 6.08 Å². The fourth-order valence-electron chi connectivity index (χ4n) is 4.57. The Morgan fingerprint density at radius 3 is 2.47 bits per heavy atom. The van der Waals surface area contributed by atoms with Crippen LogP contribution in [0.15, 0.2) is 42.5 Å². The number of ketones is 1. The lowest BCUT2D eigenvalue weighted by molar-refractivity contribution is -0.137. The molecule has 2 rings (SSSR count). The Hall–Kier alpha value is -1.98. The second kappa shape index (κ2) is 15.0. The van der Waals surface area contributed by atoms with E-state index in [1.807, 2.05) is 36.4 Å².